The van der Waals surface area contributed by atoms with E-state index in [1.54, 1.807) is 0 Å². The van der Waals surface area contributed by atoms with Crippen molar-refractivity contribution in [3.8, 4) is 0 Å². The van der Waals surface area contributed by atoms with E-state index in [0.29, 0.717) is 6.54 Å². The highest BCUT2D eigenvalue weighted by Crippen LogP contribution is 2.37. The number of carbonyl (C=O) groups excluding carboxylic acids is 3. The van der Waals surface area contributed by atoms with E-state index < -0.39 is 0 Å². The van der Waals surface area contributed by atoms with Crippen molar-refractivity contribution in [1.29, 1.82) is 0 Å². The Balaban J connectivity index is 1.51. The molecular weight excluding hydrogens is 342 g/mol. The summed E-state index contributed by atoms with van der Waals surface area (Å²) in [5.74, 6) is -0.579. The first kappa shape index (κ1) is 19.5. The third kappa shape index (κ3) is 4.38. The first-order valence-electron chi connectivity index (χ1n) is 9.82. The van der Waals surface area contributed by atoms with Gasteiger partial charge in [-0.2, -0.15) is 0 Å². The van der Waals surface area contributed by atoms with Gasteiger partial charge in [0.05, 0.1) is 17.9 Å². The van der Waals surface area contributed by atoms with Gasteiger partial charge in [-0.1, -0.05) is 43.2 Å². The number of fused-ring (bicyclic) bond motifs is 1. The van der Waals surface area contributed by atoms with E-state index in [1.807, 2.05) is 44.4 Å². The van der Waals surface area contributed by atoms with Crippen molar-refractivity contribution in [2.75, 3.05) is 27.2 Å². The Hall–Kier alpha value is -2.21. The van der Waals surface area contributed by atoms with Gasteiger partial charge in [0.15, 0.2) is 0 Å². The van der Waals surface area contributed by atoms with Crippen LogP contribution < -0.4 is 5.32 Å². The summed E-state index contributed by atoms with van der Waals surface area (Å²) in [6.07, 6.45) is 3.80. The van der Waals surface area contributed by atoms with Crippen LogP contribution in [0.25, 0.3) is 0 Å². The van der Waals surface area contributed by atoms with Crippen molar-refractivity contribution in [3.63, 3.8) is 0 Å². The van der Waals surface area contributed by atoms with Crippen LogP contribution in [0.1, 0.15) is 43.7 Å². The largest absolute Gasteiger partial charge is 0.354 e. The number of hydrogen-bond donors (Lipinski definition) is 1. The van der Waals surface area contributed by atoms with Crippen LogP contribution in [-0.2, 0) is 14.4 Å². The zero-order valence-corrected chi connectivity index (χ0v) is 16.2. The Labute approximate surface area is 160 Å². The number of imide groups is 1. The Bertz CT molecular complexity index is 665. The fraction of sp³-hybridized carbons (Fsp3) is 0.571. The smallest absolute Gasteiger partial charge is 0.233 e. The molecule has 1 aliphatic heterocycles. The normalized spacial score (nSPS) is 23.4. The maximum absolute atomic E-state index is 12.5. The molecule has 6 heteroatoms. The lowest BCUT2D eigenvalue weighted by atomic mass is 9.81. The van der Waals surface area contributed by atoms with Gasteiger partial charge < -0.3 is 10.2 Å². The van der Waals surface area contributed by atoms with Gasteiger partial charge in [0.25, 0.3) is 0 Å². The Morgan fingerprint density at radius 3 is 2.26 bits per heavy atom. The second-order valence-electron chi connectivity index (χ2n) is 7.77. The summed E-state index contributed by atoms with van der Waals surface area (Å²) < 4.78 is 0. The fourth-order valence-electron chi connectivity index (χ4n) is 4.24. The lowest BCUT2D eigenvalue weighted by Crippen LogP contribution is -2.38. The van der Waals surface area contributed by atoms with Crippen LogP contribution in [0.5, 0.6) is 0 Å². The minimum Gasteiger partial charge on any atom is -0.354 e. The molecule has 27 heavy (non-hydrogen) atoms. The van der Waals surface area contributed by atoms with Crippen LogP contribution in [0.4, 0.5) is 0 Å². The van der Waals surface area contributed by atoms with E-state index in [1.165, 1.54) is 4.90 Å². The number of nitrogens with one attached hydrogen (secondary N) is 1. The van der Waals surface area contributed by atoms with E-state index in [0.717, 1.165) is 31.2 Å². The highest BCUT2D eigenvalue weighted by Gasteiger charge is 2.47. The van der Waals surface area contributed by atoms with Crippen LogP contribution in [0.15, 0.2) is 30.3 Å². The van der Waals surface area contributed by atoms with E-state index in [9.17, 15) is 14.4 Å². The Kier molecular flexibility index (Phi) is 6.26. The number of likely N-dealkylation sites (N-methyl/N-ethyl adjacent to an activating group) is 1. The van der Waals surface area contributed by atoms with Crippen molar-refractivity contribution in [2.24, 2.45) is 11.8 Å². The minimum absolute atomic E-state index is 0.0760. The van der Waals surface area contributed by atoms with Gasteiger partial charge in [-0.05, 0) is 32.5 Å². The lowest BCUT2D eigenvalue weighted by Gasteiger charge is -2.25. The SMILES string of the molecule is CN(C)[C@H](CNC(=O)CCN1C(=O)[C@H]2CCCC[C@H]2C1=O)c1ccccc1. The maximum Gasteiger partial charge on any atom is 0.233 e. The molecule has 3 amide bonds. The lowest BCUT2D eigenvalue weighted by molar-refractivity contribution is -0.140. The van der Waals surface area contributed by atoms with E-state index in [4.69, 9.17) is 0 Å². The first-order valence-corrected chi connectivity index (χ1v) is 9.82. The summed E-state index contributed by atoms with van der Waals surface area (Å²) in [4.78, 5) is 40.6. The van der Waals surface area contributed by atoms with Crippen LogP contribution in [0.3, 0.4) is 0 Å². The van der Waals surface area contributed by atoms with Crippen molar-refractivity contribution >= 4 is 17.7 Å². The molecular formula is C21H29N3O3. The fourth-order valence-corrected chi connectivity index (χ4v) is 4.24. The van der Waals surface area contributed by atoms with E-state index in [-0.39, 0.29) is 48.6 Å². The average molecular weight is 371 g/mol. The van der Waals surface area contributed by atoms with Crippen molar-refractivity contribution in [3.05, 3.63) is 35.9 Å². The summed E-state index contributed by atoms with van der Waals surface area (Å²) >= 11 is 0. The van der Waals surface area contributed by atoms with Crippen molar-refractivity contribution in [1.82, 2.24) is 15.1 Å². The third-order valence-corrected chi connectivity index (χ3v) is 5.80. The molecule has 1 N–H and O–H groups in total. The number of hydrogen-bond acceptors (Lipinski definition) is 4. The van der Waals surface area contributed by atoms with Crippen LogP contribution in [0.2, 0.25) is 0 Å². The molecule has 2 aliphatic rings. The number of likely N-dealkylation sites (tertiary alicyclic amines) is 1. The third-order valence-electron chi connectivity index (χ3n) is 5.80. The summed E-state index contributed by atoms with van der Waals surface area (Å²) in [6.45, 7) is 0.678. The van der Waals surface area contributed by atoms with Crippen LogP contribution >= 0.6 is 0 Å². The second kappa shape index (κ2) is 8.65. The molecule has 2 fully saturated rings. The highest BCUT2D eigenvalue weighted by atomic mass is 16.2. The van der Waals surface area contributed by atoms with Crippen LogP contribution in [0, 0.1) is 11.8 Å². The molecule has 146 valence electrons. The topological polar surface area (TPSA) is 69.7 Å². The van der Waals surface area contributed by atoms with Gasteiger partial charge in [0.2, 0.25) is 17.7 Å². The van der Waals surface area contributed by atoms with Gasteiger partial charge in [-0.25, -0.2) is 0 Å². The predicted octanol–water partition coefficient (Wildman–Crippen LogP) is 1.97. The summed E-state index contributed by atoms with van der Waals surface area (Å²) in [6, 6.07) is 10.1. The Morgan fingerprint density at radius 2 is 1.70 bits per heavy atom. The number of rotatable bonds is 7. The maximum atomic E-state index is 12.5. The second-order valence-corrected chi connectivity index (χ2v) is 7.77. The zero-order valence-electron chi connectivity index (χ0n) is 16.2. The highest BCUT2D eigenvalue weighted by molar-refractivity contribution is 6.05. The summed E-state index contributed by atoms with van der Waals surface area (Å²) in [5.41, 5.74) is 1.14. The molecule has 1 aromatic carbocycles. The van der Waals surface area contributed by atoms with E-state index >= 15 is 0 Å². The number of amides is 3. The van der Waals surface area contributed by atoms with Crippen molar-refractivity contribution < 1.29 is 14.4 Å². The minimum atomic E-state index is -0.148. The molecule has 1 heterocycles. The molecule has 1 saturated carbocycles. The summed E-state index contributed by atoms with van der Waals surface area (Å²) in [5, 5.41) is 2.95. The quantitative estimate of drug-likeness (QED) is 0.744. The average Bonchev–Trinajstić information content (AvgIpc) is 2.91. The standard InChI is InChI=1S/C21H29N3O3/c1-23(2)18(15-8-4-3-5-9-15)14-22-19(25)12-13-24-20(26)16-10-6-7-11-17(16)21(24)27/h3-5,8-9,16-18H,6-7,10-14H2,1-2H3,(H,22,25)/t16-,17+,18-/m1/s1. The zero-order chi connectivity index (χ0) is 19.4. The molecule has 3 rings (SSSR count). The number of benzene rings is 1. The monoisotopic (exact) mass is 371 g/mol. The molecule has 1 aliphatic carbocycles. The molecule has 0 radical (unpaired) electrons. The van der Waals surface area contributed by atoms with Gasteiger partial charge >= 0.3 is 0 Å². The summed E-state index contributed by atoms with van der Waals surface area (Å²) in [7, 11) is 3.96. The van der Waals surface area contributed by atoms with E-state index in [2.05, 4.69) is 10.2 Å². The molecule has 0 aromatic heterocycles. The number of carbonyl (C=O) groups is 3. The van der Waals surface area contributed by atoms with Crippen LogP contribution in [-0.4, -0.2) is 54.7 Å². The predicted molar refractivity (Wildman–Crippen MR) is 103 cm³/mol. The first-order chi connectivity index (χ1) is 13.0. The Morgan fingerprint density at radius 1 is 1.11 bits per heavy atom. The molecule has 0 spiro atoms. The van der Waals surface area contributed by atoms with Gasteiger partial charge in [-0.15, -0.1) is 0 Å². The molecule has 1 aromatic rings. The molecule has 1 saturated heterocycles. The molecule has 6 nitrogen and oxygen atoms in total. The van der Waals surface area contributed by atoms with Gasteiger partial charge in [0.1, 0.15) is 0 Å². The van der Waals surface area contributed by atoms with Gasteiger partial charge in [-0.3, -0.25) is 19.3 Å². The number of nitrogens with zero attached hydrogens (tertiary/aromatic N) is 2. The van der Waals surface area contributed by atoms with Gasteiger partial charge in [0, 0.05) is 19.5 Å². The molecule has 0 unspecified atom stereocenters. The molecule has 3 atom stereocenters. The van der Waals surface area contributed by atoms with Crippen molar-refractivity contribution in [2.45, 2.75) is 38.1 Å². The molecule has 0 bridgehead atoms.